The van der Waals surface area contributed by atoms with E-state index in [1.165, 1.54) is 17.7 Å². The quantitative estimate of drug-likeness (QED) is 0.490. The van der Waals surface area contributed by atoms with Crippen LogP contribution in [-0.2, 0) is 14.0 Å². The first-order valence-corrected chi connectivity index (χ1v) is 8.52. The van der Waals surface area contributed by atoms with Crippen LogP contribution in [0.3, 0.4) is 0 Å². The summed E-state index contributed by atoms with van der Waals surface area (Å²) in [6, 6.07) is 0. The second-order valence-electron chi connectivity index (χ2n) is 5.92. The van der Waals surface area contributed by atoms with Crippen LogP contribution in [0.5, 0.6) is 0 Å². The lowest BCUT2D eigenvalue weighted by Gasteiger charge is -2.32. The van der Waals surface area contributed by atoms with E-state index in [0.29, 0.717) is 17.0 Å². The van der Waals surface area contributed by atoms with E-state index in [9.17, 15) is 10.2 Å². The molecule has 0 bridgehead atoms. The molecule has 2 aromatic rings. The standard InChI is InChI=1S/C14H21B2ClN4O5/c1-7-19-11(17)9-12(20-7)21(6-18-9)13-14(23,5-22)10(26-16-3)8(25-13)4-24-15-2/h6,8,10,13,15-16,22-23H,4-5H2,1-3H3/t8-,10-,13-,14-/m1/s1/i15D,16D. The van der Waals surface area contributed by atoms with Gasteiger partial charge >= 0.3 is 0 Å². The molecule has 4 atom stereocenters. The molecule has 140 valence electrons. The zero-order chi connectivity index (χ0) is 20.6. The van der Waals surface area contributed by atoms with E-state index in [1.807, 2.05) is 0 Å². The molecule has 1 aliphatic heterocycles. The van der Waals surface area contributed by atoms with Crippen LogP contribution in [0.2, 0.25) is 18.8 Å². The molecule has 3 rings (SSSR count). The second kappa shape index (κ2) is 7.79. The van der Waals surface area contributed by atoms with E-state index < -0.39 is 45.5 Å². The van der Waals surface area contributed by atoms with Gasteiger partial charge in [0.15, 0.2) is 22.6 Å². The smallest absolute Gasteiger partial charge is 0.272 e. The van der Waals surface area contributed by atoms with Gasteiger partial charge in [-0.2, -0.15) is 0 Å². The van der Waals surface area contributed by atoms with Crippen molar-refractivity contribution in [3.63, 3.8) is 0 Å². The van der Waals surface area contributed by atoms with Gasteiger partial charge < -0.3 is 24.3 Å². The molecule has 2 N–H and O–H groups in total. The molecular formula is C14H21B2ClN4O5. The number of rotatable bonds is 7. The van der Waals surface area contributed by atoms with E-state index in [1.54, 1.807) is 13.7 Å². The first kappa shape index (κ1) is 16.9. The van der Waals surface area contributed by atoms with Gasteiger partial charge in [0, 0.05) is 2.67 Å². The Hall–Kier alpha value is -1.23. The van der Waals surface area contributed by atoms with Crippen molar-refractivity contribution in [3.05, 3.63) is 17.3 Å². The Morgan fingerprint density at radius 2 is 2.23 bits per heavy atom. The first-order valence-electron chi connectivity index (χ1n) is 9.29. The fourth-order valence-electron chi connectivity index (χ4n) is 3.12. The second-order valence-corrected chi connectivity index (χ2v) is 6.28. The van der Waals surface area contributed by atoms with Gasteiger partial charge in [-0.05, 0) is 6.92 Å². The highest BCUT2D eigenvalue weighted by Crippen LogP contribution is 2.41. The van der Waals surface area contributed by atoms with E-state index in [2.05, 4.69) is 15.0 Å². The molecule has 1 fully saturated rings. The largest absolute Gasteiger partial charge is 0.437 e. The Kier molecular flexibility index (Phi) is 5.07. The van der Waals surface area contributed by atoms with Gasteiger partial charge in [-0.25, -0.2) is 15.0 Å². The van der Waals surface area contributed by atoms with Crippen molar-refractivity contribution in [1.29, 1.82) is 2.67 Å². The average Bonchev–Trinajstić information content (AvgIpc) is 3.13. The maximum Gasteiger partial charge on any atom is 0.272 e. The van der Waals surface area contributed by atoms with Crippen molar-refractivity contribution in [2.24, 2.45) is 0 Å². The van der Waals surface area contributed by atoms with E-state index in [-0.39, 0.29) is 11.8 Å². The Morgan fingerprint density at radius 1 is 1.46 bits per heavy atom. The van der Waals surface area contributed by atoms with Crippen LogP contribution in [-0.4, -0.2) is 78.3 Å². The van der Waals surface area contributed by atoms with Gasteiger partial charge in [0.05, 0.1) is 19.5 Å². The number of imidazole rings is 1. The molecule has 0 saturated carbocycles. The number of fused-ring (bicyclic) bond motifs is 1. The zero-order valence-corrected chi connectivity index (χ0v) is 15.4. The minimum absolute atomic E-state index is 0.0672. The van der Waals surface area contributed by atoms with E-state index in [0.717, 1.165) is 0 Å². The van der Waals surface area contributed by atoms with E-state index in [4.69, 9.17) is 28.3 Å². The SMILES string of the molecule is [2H]B(C)OC[C@H]1O[C@@H](n2cnc3c(Cl)nc(C)nc32)[C@@](O)(CO)[C@@H]1OB([2H])C. The Bertz CT molecular complexity index is 847. The number of aromatic nitrogens is 4. The van der Waals surface area contributed by atoms with Crippen LogP contribution in [0.1, 0.15) is 12.1 Å². The highest BCUT2D eigenvalue weighted by Gasteiger charge is 2.57. The number of nitrogens with zero attached hydrogens (tertiary/aromatic N) is 4. The third kappa shape index (κ3) is 3.23. The lowest BCUT2D eigenvalue weighted by atomic mass is 9.92. The third-order valence-corrected chi connectivity index (χ3v) is 4.53. The summed E-state index contributed by atoms with van der Waals surface area (Å²) in [6.45, 7) is 3.91. The summed E-state index contributed by atoms with van der Waals surface area (Å²) in [4.78, 5) is 12.6. The average molecular weight is 384 g/mol. The Labute approximate surface area is 159 Å². The molecule has 3 heterocycles. The van der Waals surface area contributed by atoms with Crippen molar-refractivity contribution in [1.82, 2.24) is 19.5 Å². The molecule has 0 unspecified atom stereocenters. The first-order chi connectivity index (χ1) is 13.2. The van der Waals surface area contributed by atoms with E-state index >= 15 is 0 Å². The summed E-state index contributed by atoms with van der Waals surface area (Å²) >= 11 is 6.13. The fourth-order valence-corrected chi connectivity index (χ4v) is 3.37. The summed E-state index contributed by atoms with van der Waals surface area (Å²) < 4.78 is 33.5. The van der Waals surface area contributed by atoms with Crippen molar-refractivity contribution >= 4 is 37.7 Å². The number of aryl methyl sites for hydroxylation is 1. The summed E-state index contributed by atoms with van der Waals surface area (Å²) in [7, 11) is -1.80. The summed E-state index contributed by atoms with van der Waals surface area (Å²) in [5, 5.41) is 21.4. The molecule has 0 radical (unpaired) electrons. The Balaban J connectivity index is 2.04. The predicted octanol–water partition coefficient (Wildman–Crippen LogP) is -0.390. The van der Waals surface area contributed by atoms with Gasteiger partial charge in [0.1, 0.15) is 23.5 Å². The molecule has 0 spiro atoms. The summed E-state index contributed by atoms with van der Waals surface area (Å²) in [5.41, 5.74) is -1.27. The summed E-state index contributed by atoms with van der Waals surface area (Å²) in [6.07, 6.45) is -1.66. The maximum atomic E-state index is 11.3. The number of aliphatic hydroxyl groups excluding tert-OH is 1. The predicted molar refractivity (Wildman–Crippen MR) is 97.9 cm³/mol. The number of ether oxygens (including phenoxy) is 1. The molecule has 9 nitrogen and oxygen atoms in total. The lowest BCUT2D eigenvalue weighted by Crippen LogP contribution is -2.51. The molecule has 0 aromatic carbocycles. The fraction of sp³-hybridized carbons (Fsp3) is 0.643. The molecule has 1 saturated heterocycles. The molecule has 1 aliphatic rings. The number of hydrogen-bond acceptors (Lipinski definition) is 8. The van der Waals surface area contributed by atoms with Crippen LogP contribution < -0.4 is 0 Å². The summed E-state index contributed by atoms with van der Waals surface area (Å²) in [5.74, 6) is 0.403. The highest BCUT2D eigenvalue weighted by molar-refractivity contribution is 6.33. The third-order valence-electron chi connectivity index (χ3n) is 4.27. The van der Waals surface area contributed by atoms with Crippen LogP contribution in [0.4, 0.5) is 0 Å². The van der Waals surface area contributed by atoms with Crippen molar-refractivity contribution in [3.8, 4) is 0 Å². The van der Waals surface area contributed by atoms with Gasteiger partial charge in [0.25, 0.3) is 14.9 Å². The molecule has 0 amide bonds. The normalized spacial score (nSPS) is 29.7. The van der Waals surface area contributed by atoms with Gasteiger partial charge in [0.2, 0.25) is 0 Å². The van der Waals surface area contributed by atoms with Crippen molar-refractivity contribution in [2.45, 2.75) is 44.6 Å². The minimum atomic E-state index is -1.91. The minimum Gasteiger partial charge on any atom is -0.437 e. The van der Waals surface area contributed by atoms with Crippen molar-refractivity contribution in [2.75, 3.05) is 13.2 Å². The number of halogens is 1. The van der Waals surface area contributed by atoms with Gasteiger partial charge in [-0.15, -0.1) is 0 Å². The monoisotopic (exact) mass is 384 g/mol. The zero-order valence-electron chi connectivity index (χ0n) is 16.7. The highest BCUT2D eigenvalue weighted by atomic mass is 35.5. The molecule has 2 aromatic heterocycles. The molecule has 26 heavy (non-hydrogen) atoms. The van der Waals surface area contributed by atoms with Crippen LogP contribution in [0, 0.1) is 6.92 Å². The Morgan fingerprint density at radius 3 is 2.88 bits per heavy atom. The van der Waals surface area contributed by atoms with Gasteiger partial charge in [-0.3, -0.25) is 4.57 Å². The topological polar surface area (TPSA) is 112 Å². The lowest BCUT2D eigenvalue weighted by molar-refractivity contribution is -0.128. The van der Waals surface area contributed by atoms with Crippen molar-refractivity contribution < 1.29 is 24.3 Å². The maximum absolute atomic E-state index is 11.3. The van der Waals surface area contributed by atoms with Gasteiger partial charge in [-0.1, -0.05) is 25.2 Å². The number of hydrogen-bond donors (Lipinski definition) is 2. The molecular weight excluding hydrogens is 361 g/mol. The molecule has 12 heteroatoms. The van der Waals surface area contributed by atoms with Crippen LogP contribution >= 0.6 is 11.6 Å². The number of aliphatic hydroxyl groups is 2. The van der Waals surface area contributed by atoms with Crippen LogP contribution in [0.15, 0.2) is 6.33 Å². The molecule has 0 aliphatic carbocycles. The van der Waals surface area contributed by atoms with Crippen LogP contribution in [0.25, 0.3) is 11.2 Å².